The Morgan fingerprint density at radius 3 is 1.92 bits per heavy atom. The minimum absolute atomic E-state index is 0.944. The van der Waals surface area contributed by atoms with Crippen LogP contribution in [0.5, 0.6) is 0 Å². The molecule has 0 N–H and O–H groups in total. The van der Waals surface area contributed by atoms with E-state index >= 15 is 0 Å². The monoisotopic (exact) mass is 296 g/mol. The van der Waals surface area contributed by atoms with Crippen LogP contribution < -0.4 is 0 Å². The topological polar surface area (TPSA) is 0 Å². The molecule has 0 aromatic carbocycles. The predicted octanol–water partition coefficient (Wildman–Crippen LogP) is 5.34. The van der Waals surface area contributed by atoms with Gasteiger partial charge in [0.25, 0.3) is 0 Å². The quantitative estimate of drug-likeness (QED) is 0.306. The first-order chi connectivity index (χ1) is 6.31. The highest BCUT2D eigenvalue weighted by molar-refractivity contribution is 14.1. The molecule has 0 heterocycles. The largest absolute Gasteiger partial charge is 0.0826 e. The van der Waals surface area contributed by atoms with E-state index in [-0.39, 0.29) is 0 Å². The maximum atomic E-state index is 2.63. The van der Waals surface area contributed by atoms with Crippen molar-refractivity contribution in [2.75, 3.05) is 0 Å². The first-order valence-electron chi connectivity index (χ1n) is 5.95. The van der Waals surface area contributed by atoms with E-state index in [4.69, 9.17) is 0 Å². The molecule has 0 aromatic rings. The zero-order valence-electron chi connectivity index (χ0n) is 9.32. The van der Waals surface area contributed by atoms with Gasteiger partial charge >= 0.3 is 0 Å². The van der Waals surface area contributed by atoms with Crippen LogP contribution in [0.15, 0.2) is 0 Å². The summed E-state index contributed by atoms with van der Waals surface area (Å²) in [5.41, 5.74) is 0. The van der Waals surface area contributed by atoms with Gasteiger partial charge in [0.15, 0.2) is 0 Å². The minimum Gasteiger partial charge on any atom is -0.0826 e. The third kappa shape index (κ3) is 10.7. The molecular weight excluding hydrogens is 271 g/mol. The molecule has 1 atom stereocenters. The van der Waals surface area contributed by atoms with Crippen LogP contribution in [0.2, 0.25) is 0 Å². The SMILES string of the molecule is CCCCCCCC(I)CCCC. The average molecular weight is 296 g/mol. The second-order valence-corrected chi connectivity index (χ2v) is 5.70. The van der Waals surface area contributed by atoms with Crippen molar-refractivity contribution in [3.63, 3.8) is 0 Å². The first kappa shape index (κ1) is 13.7. The van der Waals surface area contributed by atoms with Gasteiger partial charge in [0, 0.05) is 3.92 Å². The van der Waals surface area contributed by atoms with E-state index < -0.39 is 0 Å². The fraction of sp³-hybridized carbons (Fsp3) is 1.00. The van der Waals surface area contributed by atoms with Crippen LogP contribution in [0.1, 0.15) is 71.6 Å². The maximum absolute atomic E-state index is 2.63. The zero-order chi connectivity index (χ0) is 9.94. The Labute approximate surface area is 98.0 Å². The van der Waals surface area contributed by atoms with E-state index in [2.05, 4.69) is 36.4 Å². The van der Waals surface area contributed by atoms with Crippen LogP contribution in [-0.4, -0.2) is 3.92 Å². The van der Waals surface area contributed by atoms with Gasteiger partial charge in [-0.05, 0) is 12.8 Å². The Hall–Kier alpha value is 0.730. The van der Waals surface area contributed by atoms with Crippen LogP contribution in [0.25, 0.3) is 0 Å². The van der Waals surface area contributed by atoms with Crippen molar-refractivity contribution in [1.82, 2.24) is 0 Å². The number of unbranched alkanes of at least 4 members (excludes halogenated alkanes) is 5. The number of halogens is 1. The summed E-state index contributed by atoms with van der Waals surface area (Å²) in [6.45, 7) is 4.56. The molecule has 0 bridgehead atoms. The molecule has 0 saturated carbocycles. The lowest BCUT2D eigenvalue weighted by molar-refractivity contribution is 0.580. The van der Waals surface area contributed by atoms with Crippen molar-refractivity contribution < 1.29 is 0 Å². The number of hydrogen-bond donors (Lipinski definition) is 0. The van der Waals surface area contributed by atoms with Gasteiger partial charge in [0.1, 0.15) is 0 Å². The molecular formula is C12H25I. The standard InChI is InChI=1S/C12H25I/c1-3-5-7-8-9-11-12(13)10-6-4-2/h12H,3-11H2,1-2H3. The molecule has 13 heavy (non-hydrogen) atoms. The summed E-state index contributed by atoms with van der Waals surface area (Å²) in [7, 11) is 0. The molecule has 0 rings (SSSR count). The van der Waals surface area contributed by atoms with E-state index in [1.54, 1.807) is 0 Å². The zero-order valence-corrected chi connectivity index (χ0v) is 11.5. The minimum atomic E-state index is 0.944. The van der Waals surface area contributed by atoms with Gasteiger partial charge in [-0.15, -0.1) is 0 Å². The van der Waals surface area contributed by atoms with Gasteiger partial charge in [0.2, 0.25) is 0 Å². The molecule has 0 nitrogen and oxygen atoms in total. The molecule has 1 unspecified atom stereocenters. The molecule has 0 aliphatic carbocycles. The third-order valence-electron chi connectivity index (χ3n) is 2.49. The number of rotatable bonds is 9. The normalized spacial score (nSPS) is 13.2. The van der Waals surface area contributed by atoms with E-state index in [1.807, 2.05) is 0 Å². The van der Waals surface area contributed by atoms with E-state index in [0.717, 1.165) is 3.92 Å². The van der Waals surface area contributed by atoms with Gasteiger partial charge in [-0.1, -0.05) is 81.4 Å². The Balaban J connectivity index is 3.03. The summed E-state index contributed by atoms with van der Waals surface area (Å²) in [6, 6.07) is 0. The van der Waals surface area contributed by atoms with Crippen molar-refractivity contribution in [2.45, 2.75) is 75.6 Å². The first-order valence-corrected chi connectivity index (χ1v) is 7.19. The summed E-state index contributed by atoms with van der Waals surface area (Å²) in [5.74, 6) is 0. The van der Waals surface area contributed by atoms with Crippen molar-refractivity contribution in [3.8, 4) is 0 Å². The summed E-state index contributed by atoms with van der Waals surface area (Å²) in [5, 5.41) is 0. The third-order valence-corrected chi connectivity index (χ3v) is 3.74. The van der Waals surface area contributed by atoms with Gasteiger partial charge in [-0.2, -0.15) is 0 Å². The number of hydrogen-bond acceptors (Lipinski definition) is 0. The second-order valence-electron chi connectivity index (χ2n) is 3.94. The Kier molecular flexibility index (Phi) is 11.4. The van der Waals surface area contributed by atoms with Gasteiger partial charge < -0.3 is 0 Å². The summed E-state index contributed by atoms with van der Waals surface area (Å²) in [6.07, 6.45) is 12.8. The van der Waals surface area contributed by atoms with Crippen molar-refractivity contribution in [2.24, 2.45) is 0 Å². The van der Waals surface area contributed by atoms with Gasteiger partial charge in [-0.3, -0.25) is 0 Å². The molecule has 0 aromatic heterocycles. The van der Waals surface area contributed by atoms with Crippen LogP contribution >= 0.6 is 22.6 Å². The Bertz CT molecular complexity index is 91.1. The van der Waals surface area contributed by atoms with Crippen molar-refractivity contribution in [1.29, 1.82) is 0 Å². The molecule has 0 aliphatic rings. The molecule has 1 heteroatoms. The highest BCUT2D eigenvalue weighted by Crippen LogP contribution is 2.18. The predicted molar refractivity (Wildman–Crippen MR) is 70.7 cm³/mol. The van der Waals surface area contributed by atoms with E-state index in [9.17, 15) is 0 Å². The lowest BCUT2D eigenvalue weighted by Gasteiger charge is -2.08. The van der Waals surface area contributed by atoms with Crippen LogP contribution in [-0.2, 0) is 0 Å². The second kappa shape index (κ2) is 10.8. The fourth-order valence-electron chi connectivity index (χ4n) is 1.54. The van der Waals surface area contributed by atoms with Crippen LogP contribution in [0, 0.1) is 0 Å². The van der Waals surface area contributed by atoms with Crippen molar-refractivity contribution >= 4 is 22.6 Å². The molecule has 0 amide bonds. The molecule has 0 aliphatic heterocycles. The Morgan fingerprint density at radius 1 is 0.769 bits per heavy atom. The smallest absolute Gasteiger partial charge is 0.0110 e. The number of alkyl halides is 1. The Morgan fingerprint density at radius 2 is 1.31 bits per heavy atom. The summed E-state index contributed by atoms with van der Waals surface area (Å²) >= 11 is 2.63. The van der Waals surface area contributed by atoms with Gasteiger partial charge in [-0.25, -0.2) is 0 Å². The highest BCUT2D eigenvalue weighted by Gasteiger charge is 2.01. The highest BCUT2D eigenvalue weighted by atomic mass is 127. The molecule has 80 valence electrons. The van der Waals surface area contributed by atoms with Crippen LogP contribution in [0.3, 0.4) is 0 Å². The van der Waals surface area contributed by atoms with Crippen LogP contribution in [0.4, 0.5) is 0 Å². The summed E-state index contributed by atoms with van der Waals surface area (Å²) in [4.78, 5) is 0. The van der Waals surface area contributed by atoms with Crippen molar-refractivity contribution in [3.05, 3.63) is 0 Å². The summed E-state index contributed by atoms with van der Waals surface area (Å²) < 4.78 is 0.944. The fourth-order valence-corrected chi connectivity index (χ4v) is 2.42. The molecule has 0 fully saturated rings. The molecule has 0 saturated heterocycles. The maximum Gasteiger partial charge on any atom is 0.0110 e. The average Bonchev–Trinajstić information content (AvgIpc) is 2.14. The van der Waals surface area contributed by atoms with Gasteiger partial charge in [0.05, 0.1) is 0 Å². The lowest BCUT2D eigenvalue weighted by Crippen LogP contribution is -1.96. The molecule has 0 spiro atoms. The lowest BCUT2D eigenvalue weighted by atomic mass is 10.1. The van der Waals surface area contributed by atoms with E-state index in [1.165, 1.54) is 57.8 Å². The molecule has 0 radical (unpaired) electrons. The van der Waals surface area contributed by atoms with E-state index in [0.29, 0.717) is 0 Å².